The Bertz CT molecular complexity index is 141. The molecular formula is C3H5ClN4. The van der Waals surface area contributed by atoms with Crippen molar-refractivity contribution in [1.29, 1.82) is 0 Å². The van der Waals surface area contributed by atoms with E-state index in [0.29, 0.717) is 0 Å². The second-order valence-corrected chi connectivity index (χ2v) is 0.996. The molecule has 1 rings (SSSR count). The molecule has 0 saturated carbocycles. The minimum atomic E-state index is 0. The summed E-state index contributed by atoms with van der Waals surface area (Å²) in [4.78, 5) is 10.6. The van der Waals surface area contributed by atoms with E-state index < -0.39 is 0 Å². The van der Waals surface area contributed by atoms with Crippen LogP contribution in [0.4, 0.5) is 5.95 Å². The first-order chi connectivity index (χ1) is 3.39. The highest BCUT2D eigenvalue weighted by Crippen LogP contribution is 1.77. The van der Waals surface area contributed by atoms with Crippen LogP contribution in [-0.2, 0) is 0 Å². The Morgan fingerprint density at radius 3 is 2.00 bits per heavy atom. The van der Waals surface area contributed by atoms with Gasteiger partial charge in [-0.3, -0.25) is 0 Å². The van der Waals surface area contributed by atoms with Gasteiger partial charge in [0, 0.05) is 0 Å². The third kappa shape index (κ3) is 1.70. The zero-order valence-electron chi connectivity index (χ0n) is 3.98. The number of nitrogens with two attached hydrogens (primary N) is 1. The van der Waals surface area contributed by atoms with E-state index in [9.17, 15) is 0 Å². The summed E-state index contributed by atoms with van der Waals surface area (Å²) < 4.78 is 0. The smallest absolute Gasteiger partial charge is 0.222 e. The maximum Gasteiger partial charge on any atom is 0.222 e. The van der Waals surface area contributed by atoms with Crippen LogP contribution < -0.4 is 5.73 Å². The number of hydrogen-bond acceptors (Lipinski definition) is 4. The Kier molecular flexibility index (Phi) is 2.79. The molecule has 44 valence electrons. The van der Waals surface area contributed by atoms with Gasteiger partial charge in [0.25, 0.3) is 0 Å². The minimum Gasteiger partial charge on any atom is -0.368 e. The van der Waals surface area contributed by atoms with Crippen molar-refractivity contribution in [2.45, 2.75) is 0 Å². The highest BCUT2D eigenvalue weighted by atomic mass is 35.5. The Morgan fingerprint density at radius 1 is 1.25 bits per heavy atom. The molecule has 1 aromatic rings. The Balaban J connectivity index is 0.000000490. The topological polar surface area (TPSA) is 64.7 Å². The second kappa shape index (κ2) is 3.15. The Hall–Kier alpha value is -0.900. The van der Waals surface area contributed by atoms with Crippen LogP contribution in [0.3, 0.4) is 0 Å². The van der Waals surface area contributed by atoms with Crippen LogP contribution in [0.25, 0.3) is 0 Å². The van der Waals surface area contributed by atoms with Crippen molar-refractivity contribution in [3.63, 3.8) is 0 Å². The van der Waals surface area contributed by atoms with E-state index in [-0.39, 0.29) is 18.4 Å². The van der Waals surface area contributed by atoms with Crippen molar-refractivity contribution in [2.75, 3.05) is 5.73 Å². The summed E-state index contributed by atoms with van der Waals surface area (Å²) in [5.74, 6) is 0.259. The molecule has 4 nitrogen and oxygen atoms in total. The first-order valence-corrected chi connectivity index (χ1v) is 1.77. The summed E-state index contributed by atoms with van der Waals surface area (Å²) in [6, 6.07) is 0. The number of nitrogen functional groups attached to an aromatic ring is 1. The van der Waals surface area contributed by atoms with Crippen molar-refractivity contribution in [1.82, 2.24) is 15.0 Å². The monoisotopic (exact) mass is 132 g/mol. The second-order valence-electron chi connectivity index (χ2n) is 0.996. The highest BCUT2D eigenvalue weighted by molar-refractivity contribution is 5.85. The first-order valence-electron chi connectivity index (χ1n) is 1.77. The quantitative estimate of drug-likeness (QED) is 0.534. The fourth-order valence-electron chi connectivity index (χ4n) is 0.248. The summed E-state index contributed by atoms with van der Waals surface area (Å²) in [5, 5.41) is 0. The van der Waals surface area contributed by atoms with E-state index >= 15 is 0 Å². The molecule has 0 saturated heterocycles. The lowest BCUT2D eigenvalue weighted by Crippen LogP contribution is -1.92. The lowest BCUT2D eigenvalue weighted by atomic mass is 11.0. The maximum atomic E-state index is 5.10. The summed E-state index contributed by atoms with van der Waals surface area (Å²) in [6.07, 6.45) is 2.70. The van der Waals surface area contributed by atoms with Crippen molar-refractivity contribution in [2.24, 2.45) is 0 Å². The van der Waals surface area contributed by atoms with E-state index in [2.05, 4.69) is 15.0 Å². The zero-order chi connectivity index (χ0) is 5.11. The van der Waals surface area contributed by atoms with Crippen molar-refractivity contribution in [3.05, 3.63) is 12.7 Å². The van der Waals surface area contributed by atoms with Crippen LogP contribution >= 0.6 is 12.4 Å². The van der Waals surface area contributed by atoms with Gasteiger partial charge in [-0.2, -0.15) is 0 Å². The van der Waals surface area contributed by atoms with Gasteiger partial charge in [0.1, 0.15) is 12.7 Å². The number of aromatic nitrogens is 3. The van der Waals surface area contributed by atoms with Crippen molar-refractivity contribution >= 4 is 18.4 Å². The third-order valence-corrected chi connectivity index (χ3v) is 0.513. The van der Waals surface area contributed by atoms with Crippen LogP contribution in [0.15, 0.2) is 12.7 Å². The summed E-state index contributed by atoms with van der Waals surface area (Å²) in [7, 11) is 0. The first kappa shape index (κ1) is 7.10. The Labute approximate surface area is 52.6 Å². The van der Waals surface area contributed by atoms with Crippen LogP contribution in [0.2, 0.25) is 0 Å². The van der Waals surface area contributed by atoms with Gasteiger partial charge in [0.05, 0.1) is 0 Å². The molecule has 0 atom stereocenters. The van der Waals surface area contributed by atoms with Crippen LogP contribution in [0.1, 0.15) is 0 Å². The van der Waals surface area contributed by atoms with E-state index in [0.717, 1.165) is 0 Å². The number of nitrogens with zero attached hydrogens (tertiary/aromatic N) is 3. The highest BCUT2D eigenvalue weighted by Gasteiger charge is 1.76. The van der Waals surface area contributed by atoms with E-state index in [4.69, 9.17) is 5.73 Å². The van der Waals surface area contributed by atoms with Gasteiger partial charge >= 0.3 is 0 Å². The molecule has 0 aliphatic heterocycles. The van der Waals surface area contributed by atoms with Gasteiger partial charge in [-0.1, -0.05) is 0 Å². The summed E-state index contributed by atoms with van der Waals surface area (Å²) in [5.41, 5.74) is 5.10. The van der Waals surface area contributed by atoms with Gasteiger partial charge in [-0.15, -0.1) is 12.4 Å². The third-order valence-electron chi connectivity index (χ3n) is 0.513. The fraction of sp³-hybridized carbons (Fsp3) is 0. The normalized spacial score (nSPS) is 7.50. The van der Waals surface area contributed by atoms with Gasteiger partial charge in [-0.05, 0) is 0 Å². The minimum absolute atomic E-state index is 0. The van der Waals surface area contributed by atoms with Gasteiger partial charge in [0.15, 0.2) is 0 Å². The summed E-state index contributed by atoms with van der Waals surface area (Å²) in [6.45, 7) is 0. The predicted octanol–water partition coefficient (Wildman–Crippen LogP) is -0.124. The lowest BCUT2D eigenvalue weighted by molar-refractivity contribution is 1.06. The molecule has 0 unspecified atom stereocenters. The molecule has 0 fully saturated rings. The molecular weight excluding hydrogens is 128 g/mol. The SMILES string of the molecule is Cl.Nc1ncncn1. The Morgan fingerprint density at radius 2 is 1.75 bits per heavy atom. The van der Waals surface area contributed by atoms with Gasteiger partial charge in [0.2, 0.25) is 5.95 Å². The van der Waals surface area contributed by atoms with Gasteiger partial charge < -0.3 is 5.73 Å². The predicted molar refractivity (Wildman–Crippen MR) is 31.5 cm³/mol. The van der Waals surface area contributed by atoms with E-state index in [1.807, 2.05) is 0 Å². The molecule has 1 heterocycles. The van der Waals surface area contributed by atoms with Crippen LogP contribution in [0, 0.1) is 0 Å². The summed E-state index contributed by atoms with van der Waals surface area (Å²) >= 11 is 0. The number of hydrogen-bond donors (Lipinski definition) is 1. The molecule has 0 spiro atoms. The average molecular weight is 133 g/mol. The van der Waals surface area contributed by atoms with E-state index in [1.165, 1.54) is 12.7 Å². The molecule has 0 aromatic carbocycles. The van der Waals surface area contributed by atoms with Gasteiger partial charge in [-0.25, -0.2) is 15.0 Å². The molecule has 1 aromatic heterocycles. The molecule has 0 bridgehead atoms. The number of anilines is 1. The van der Waals surface area contributed by atoms with Crippen LogP contribution in [-0.4, -0.2) is 15.0 Å². The molecule has 0 aliphatic rings. The lowest BCUT2D eigenvalue weighted by Gasteiger charge is -1.81. The van der Waals surface area contributed by atoms with Crippen LogP contribution in [0.5, 0.6) is 0 Å². The maximum absolute atomic E-state index is 5.10. The standard InChI is InChI=1S/C3H4N4.ClH/c4-3-6-1-5-2-7-3;/h1-2H,(H2,4,5,6,7);1H. The number of halogens is 1. The van der Waals surface area contributed by atoms with E-state index in [1.54, 1.807) is 0 Å². The largest absolute Gasteiger partial charge is 0.368 e. The number of rotatable bonds is 0. The molecule has 8 heavy (non-hydrogen) atoms. The zero-order valence-corrected chi connectivity index (χ0v) is 4.80. The molecule has 5 heteroatoms. The molecule has 0 radical (unpaired) electrons. The van der Waals surface area contributed by atoms with Crippen molar-refractivity contribution in [3.8, 4) is 0 Å². The van der Waals surface area contributed by atoms with Crippen molar-refractivity contribution < 1.29 is 0 Å². The fourth-order valence-corrected chi connectivity index (χ4v) is 0.248. The molecule has 2 N–H and O–H groups in total. The average Bonchev–Trinajstić information content (AvgIpc) is 1.69. The molecule has 0 amide bonds. The molecule has 0 aliphatic carbocycles.